The van der Waals surface area contributed by atoms with Gasteiger partial charge < -0.3 is 4.57 Å². The van der Waals surface area contributed by atoms with Gasteiger partial charge in [0.1, 0.15) is 11.7 Å². The number of rotatable bonds is 9. The van der Waals surface area contributed by atoms with Crippen LogP contribution in [-0.2, 0) is 38.5 Å². The second-order valence-electron chi connectivity index (χ2n) is 9.82. The molecule has 0 bridgehead atoms. The highest BCUT2D eigenvalue weighted by molar-refractivity contribution is 7.85. The Balaban J connectivity index is 1.36. The van der Waals surface area contributed by atoms with Crippen LogP contribution < -0.4 is 5.32 Å². The predicted molar refractivity (Wildman–Crippen MR) is 159 cm³/mol. The fourth-order valence-corrected chi connectivity index (χ4v) is 6.44. The van der Waals surface area contributed by atoms with E-state index in [9.17, 15) is 17.6 Å². The molecule has 218 valence electrons. The quantitative estimate of drug-likeness (QED) is 0.215. The molecule has 3 aromatic heterocycles. The zero-order valence-corrected chi connectivity index (χ0v) is 25.1. The van der Waals surface area contributed by atoms with Crippen LogP contribution in [0, 0.1) is 0 Å². The average Bonchev–Trinajstić information content (AvgIpc) is 3.73. The van der Waals surface area contributed by atoms with Gasteiger partial charge >= 0.3 is 0 Å². The summed E-state index contributed by atoms with van der Waals surface area (Å²) in [6.07, 6.45) is 5.25. The molecular formula is C27H23Cl2FN6O4S2. The summed E-state index contributed by atoms with van der Waals surface area (Å²) in [6, 6.07) is 8.10. The van der Waals surface area contributed by atoms with Gasteiger partial charge in [0.15, 0.2) is 11.2 Å². The molecule has 42 heavy (non-hydrogen) atoms. The lowest BCUT2D eigenvalue weighted by Crippen LogP contribution is -2.28. The lowest BCUT2D eigenvalue weighted by molar-refractivity contribution is -0.118. The molecule has 15 heteroatoms. The highest BCUT2D eigenvalue weighted by Crippen LogP contribution is 2.39. The van der Waals surface area contributed by atoms with Gasteiger partial charge in [-0.05, 0) is 23.6 Å². The van der Waals surface area contributed by atoms with E-state index in [0.29, 0.717) is 49.5 Å². The van der Waals surface area contributed by atoms with E-state index in [2.05, 4.69) is 15.3 Å². The van der Waals surface area contributed by atoms with Gasteiger partial charge in [-0.1, -0.05) is 47.5 Å². The van der Waals surface area contributed by atoms with Crippen molar-refractivity contribution >= 4 is 66.6 Å². The topological polar surface area (TPSA) is 121 Å². The van der Waals surface area contributed by atoms with Gasteiger partial charge in [0.05, 0.1) is 41.5 Å². The second kappa shape index (κ2) is 11.4. The third-order valence-electron chi connectivity index (χ3n) is 6.88. The number of benzene rings is 2. The molecule has 0 fully saturated rings. The van der Waals surface area contributed by atoms with Gasteiger partial charge in [0, 0.05) is 40.8 Å². The number of nitrogens with zero attached hydrogens (tertiary/aromatic N) is 5. The Bertz CT molecular complexity index is 1890. The van der Waals surface area contributed by atoms with Crippen LogP contribution in [0.1, 0.15) is 23.0 Å². The minimum absolute atomic E-state index is 0.0391. The number of anilines is 1. The first-order chi connectivity index (χ1) is 20.1. The smallest absolute Gasteiger partial charge is 0.264 e. The van der Waals surface area contributed by atoms with E-state index < -0.39 is 28.2 Å². The molecule has 0 saturated carbocycles. The number of halogens is 3. The number of aromatic nitrogens is 5. The van der Waals surface area contributed by atoms with Gasteiger partial charge in [-0.2, -0.15) is 13.5 Å². The second-order valence-corrected chi connectivity index (χ2v) is 13.1. The van der Waals surface area contributed by atoms with Gasteiger partial charge in [0.2, 0.25) is 0 Å². The molecule has 6 rings (SSSR count). The number of nitrogens with one attached hydrogen (secondary N) is 1. The molecule has 0 saturated heterocycles. The summed E-state index contributed by atoms with van der Waals surface area (Å²) in [5.74, 6) is -0.440. The molecular weight excluding hydrogens is 626 g/mol. The summed E-state index contributed by atoms with van der Waals surface area (Å²) in [6.45, 7) is 0.214. The molecule has 0 aliphatic carbocycles. The fraction of sp³-hybridized carbons (Fsp3) is 0.259. The standard InChI is InChI=1S/C27H23Cl2FN6O4S2/c1-42(38,39)40-8-6-15-2-4-16(5-3-15)18-11-20(28)19-13-36(34-23(19)22(18)29)25(26(37)33-27-31-7-9-41-27)24-21-10-17(30)12-35(21)14-32-24/h2-5,7,9,11,13-14,17,25H,6,8,10,12H2,1H3,(H,31,33,37)/t17-,25-/m1/s1. The largest absolute Gasteiger partial charge is 0.331 e. The molecule has 1 aliphatic heterocycles. The Hall–Kier alpha value is -3.36. The number of fused-ring (bicyclic) bond motifs is 2. The fourth-order valence-electron chi connectivity index (χ4n) is 4.98. The number of carbonyl (C=O) groups is 1. The van der Waals surface area contributed by atoms with E-state index in [1.165, 1.54) is 22.3 Å². The molecule has 0 spiro atoms. The molecule has 10 nitrogen and oxygen atoms in total. The van der Waals surface area contributed by atoms with Crippen LogP contribution in [0.15, 0.2) is 54.4 Å². The Morgan fingerprint density at radius 1 is 1.26 bits per heavy atom. The summed E-state index contributed by atoms with van der Waals surface area (Å²) in [5.41, 5.74) is 3.68. The number of hydrogen-bond donors (Lipinski definition) is 1. The van der Waals surface area contributed by atoms with Crippen LogP contribution in [0.4, 0.5) is 9.52 Å². The minimum atomic E-state index is -3.51. The monoisotopic (exact) mass is 648 g/mol. The normalized spacial score (nSPS) is 15.7. The number of imidazole rings is 1. The molecule has 1 amide bonds. The molecule has 1 N–H and O–H groups in total. The van der Waals surface area contributed by atoms with Crippen molar-refractivity contribution in [1.82, 2.24) is 24.3 Å². The van der Waals surface area contributed by atoms with E-state index in [1.807, 2.05) is 24.3 Å². The first-order valence-corrected chi connectivity index (χ1v) is 16.2. The van der Waals surface area contributed by atoms with E-state index in [-0.39, 0.29) is 19.6 Å². The Morgan fingerprint density at radius 3 is 2.76 bits per heavy atom. The summed E-state index contributed by atoms with van der Waals surface area (Å²) in [5, 5.41) is 10.9. The lowest BCUT2D eigenvalue weighted by Gasteiger charge is -2.16. The van der Waals surface area contributed by atoms with E-state index in [0.717, 1.165) is 17.4 Å². The average molecular weight is 650 g/mol. The lowest BCUT2D eigenvalue weighted by atomic mass is 10.0. The van der Waals surface area contributed by atoms with Crippen molar-refractivity contribution in [1.29, 1.82) is 0 Å². The molecule has 4 heterocycles. The maximum Gasteiger partial charge on any atom is 0.264 e. The first-order valence-electron chi connectivity index (χ1n) is 12.8. The summed E-state index contributed by atoms with van der Waals surface area (Å²) in [7, 11) is -3.51. The number of alkyl halides is 1. The first kappa shape index (κ1) is 28.7. The predicted octanol–water partition coefficient (Wildman–Crippen LogP) is 5.30. The molecule has 2 atom stereocenters. The molecule has 0 unspecified atom stereocenters. The van der Waals surface area contributed by atoms with Crippen LogP contribution in [-0.4, -0.2) is 57.7 Å². The highest BCUT2D eigenvalue weighted by atomic mass is 35.5. The van der Waals surface area contributed by atoms with E-state index in [4.69, 9.17) is 32.5 Å². The third kappa shape index (κ3) is 5.79. The summed E-state index contributed by atoms with van der Waals surface area (Å²) in [4.78, 5) is 22.2. The van der Waals surface area contributed by atoms with Gasteiger partial charge in [-0.3, -0.25) is 19.0 Å². The Morgan fingerprint density at radius 2 is 2.05 bits per heavy atom. The van der Waals surface area contributed by atoms with Crippen molar-refractivity contribution in [3.8, 4) is 11.1 Å². The SMILES string of the molecule is CS(=O)(=O)OCCc1ccc(-c2cc(Cl)c3cn([C@@H](C(=O)Nc4nccs4)c4ncn5c4C[C@@H](F)C5)nc3c2Cl)cc1. The Labute approximate surface area is 254 Å². The van der Waals surface area contributed by atoms with Gasteiger partial charge in [-0.25, -0.2) is 14.4 Å². The summed E-state index contributed by atoms with van der Waals surface area (Å²) >= 11 is 14.9. The molecule has 1 aliphatic rings. The van der Waals surface area contributed by atoms with Crippen LogP contribution in [0.3, 0.4) is 0 Å². The summed E-state index contributed by atoms with van der Waals surface area (Å²) < 4.78 is 44.7. The maximum absolute atomic E-state index is 14.3. The number of carbonyl (C=O) groups excluding carboxylic acids is 1. The Kier molecular flexibility index (Phi) is 7.79. The molecule has 0 radical (unpaired) electrons. The maximum atomic E-state index is 14.3. The van der Waals surface area contributed by atoms with E-state index in [1.54, 1.807) is 28.4 Å². The van der Waals surface area contributed by atoms with Crippen LogP contribution in [0.2, 0.25) is 10.0 Å². The number of thiazole rings is 1. The van der Waals surface area contributed by atoms with Crippen molar-refractivity contribution in [2.24, 2.45) is 0 Å². The third-order valence-corrected chi connectivity index (χ3v) is 8.86. The zero-order valence-electron chi connectivity index (χ0n) is 22.0. The minimum Gasteiger partial charge on any atom is -0.331 e. The van der Waals surface area contributed by atoms with Crippen molar-refractivity contribution in [2.75, 3.05) is 18.2 Å². The van der Waals surface area contributed by atoms with Gasteiger partial charge in [0.25, 0.3) is 16.0 Å². The molecule has 5 aromatic rings. The number of hydrogen-bond acceptors (Lipinski definition) is 8. The molecule has 2 aromatic carbocycles. The van der Waals surface area contributed by atoms with Crippen LogP contribution >= 0.6 is 34.5 Å². The van der Waals surface area contributed by atoms with Gasteiger partial charge in [-0.15, -0.1) is 11.3 Å². The van der Waals surface area contributed by atoms with Crippen molar-refractivity contribution in [3.63, 3.8) is 0 Å². The zero-order chi connectivity index (χ0) is 29.6. The van der Waals surface area contributed by atoms with Crippen molar-refractivity contribution in [3.05, 3.63) is 81.4 Å². The van der Waals surface area contributed by atoms with Crippen molar-refractivity contribution < 1.29 is 21.8 Å². The van der Waals surface area contributed by atoms with Crippen LogP contribution in [0.25, 0.3) is 22.0 Å². The highest BCUT2D eigenvalue weighted by Gasteiger charge is 2.34. The number of amides is 1. The van der Waals surface area contributed by atoms with Crippen molar-refractivity contribution in [2.45, 2.75) is 31.6 Å². The van der Waals surface area contributed by atoms with E-state index >= 15 is 0 Å². The van der Waals surface area contributed by atoms with Crippen LogP contribution in [0.5, 0.6) is 0 Å².